The Labute approximate surface area is 61.8 Å². The summed E-state index contributed by atoms with van der Waals surface area (Å²) in [6.45, 7) is -0.703. The van der Waals surface area contributed by atoms with Crippen LogP contribution in [0.5, 0.6) is 0 Å². The van der Waals surface area contributed by atoms with E-state index in [1.165, 1.54) is 0 Å². The lowest BCUT2D eigenvalue weighted by Gasteiger charge is -2.13. The maximum Gasteiger partial charge on any atom is 0.406 e. The maximum atomic E-state index is 9.87. The summed E-state index contributed by atoms with van der Waals surface area (Å²) in [5, 5.41) is 25.3. The molecule has 0 aromatic heterocycles. The van der Waals surface area contributed by atoms with Crippen molar-refractivity contribution in [1.82, 2.24) is 0 Å². The molecule has 5 nitrogen and oxygen atoms in total. The van der Waals surface area contributed by atoms with Gasteiger partial charge in [0.1, 0.15) is 6.10 Å². The third kappa shape index (κ3) is 3.62. The molecule has 2 atom stereocenters. The maximum absolute atomic E-state index is 9.87. The predicted molar refractivity (Wildman–Crippen MR) is 31.4 cm³/mol. The van der Waals surface area contributed by atoms with Crippen molar-refractivity contribution in [1.29, 1.82) is 0 Å². The zero-order valence-corrected chi connectivity index (χ0v) is 5.65. The topological polar surface area (TPSA) is 87.0 Å². The lowest BCUT2D eigenvalue weighted by atomic mass is 10.4. The average molecular weight is 171 g/mol. The van der Waals surface area contributed by atoms with Gasteiger partial charge in [0.25, 0.3) is 0 Å². The van der Waals surface area contributed by atoms with Gasteiger partial charge in [-0.05, 0) is 0 Å². The Balaban J connectivity index is 3.61. The summed E-state index contributed by atoms with van der Waals surface area (Å²) in [5.41, 5.74) is -1.24. The van der Waals surface area contributed by atoms with Gasteiger partial charge in [-0.25, -0.2) is 4.79 Å². The first-order valence-electron chi connectivity index (χ1n) is 2.41. The Morgan fingerprint density at radius 1 is 1.60 bits per heavy atom. The molecule has 0 saturated heterocycles. The average Bonchev–Trinajstić information content (AvgIpc) is 1.85. The first-order chi connectivity index (χ1) is 4.57. The van der Waals surface area contributed by atoms with E-state index in [1.807, 2.05) is 0 Å². The van der Waals surface area contributed by atoms with Crippen molar-refractivity contribution in [2.75, 3.05) is 6.61 Å². The van der Waals surface area contributed by atoms with Crippen molar-refractivity contribution in [3.63, 3.8) is 0 Å². The van der Waals surface area contributed by atoms with Gasteiger partial charge in [-0.15, -0.1) is 0 Å². The van der Waals surface area contributed by atoms with E-state index in [4.69, 9.17) is 15.3 Å². The normalized spacial score (nSPS) is 16.0. The summed E-state index contributed by atoms with van der Waals surface area (Å²) >= 11 is 4.66. The van der Waals surface area contributed by atoms with Gasteiger partial charge in [-0.2, -0.15) is 0 Å². The molecule has 0 bridgehead atoms. The van der Waals surface area contributed by atoms with Crippen LogP contribution in [0.15, 0.2) is 0 Å². The number of hydrogen-bond acceptors (Lipinski definition) is 5. The van der Waals surface area contributed by atoms with Gasteiger partial charge < -0.3 is 20.1 Å². The quantitative estimate of drug-likeness (QED) is 0.375. The molecule has 0 radical (unpaired) electrons. The van der Waals surface area contributed by atoms with Crippen molar-refractivity contribution in [2.45, 2.75) is 12.4 Å². The van der Waals surface area contributed by atoms with Crippen molar-refractivity contribution in [3.8, 4) is 0 Å². The SMILES string of the molecule is O=C(Cl)OC(O)C(O)CO. The molecule has 6 heteroatoms. The van der Waals surface area contributed by atoms with Crippen LogP contribution < -0.4 is 0 Å². The summed E-state index contributed by atoms with van der Waals surface area (Å²) in [5.74, 6) is 0. The lowest BCUT2D eigenvalue weighted by molar-refractivity contribution is -0.131. The third-order valence-electron chi connectivity index (χ3n) is 0.730. The molecule has 0 heterocycles. The minimum Gasteiger partial charge on any atom is -0.421 e. The van der Waals surface area contributed by atoms with Crippen molar-refractivity contribution in [2.24, 2.45) is 0 Å². The van der Waals surface area contributed by atoms with Gasteiger partial charge in [-0.3, -0.25) is 0 Å². The van der Waals surface area contributed by atoms with Gasteiger partial charge in [-0.1, -0.05) is 0 Å². The fourth-order valence-corrected chi connectivity index (χ4v) is 0.355. The van der Waals surface area contributed by atoms with E-state index in [2.05, 4.69) is 16.3 Å². The van der Waals surface area contributed by atoms with Crippen LogP contribution >= 0.6 is 11.6 Å². The Morgan fingerprint density at radius 2 is 2.10 bits per heavy atom. The van der Waals surface area contributed by atoms with E-state index < -0.39 is 24.4 Å². The predicted octanol–water partition coefficient (Wildman–Crippen LogP) is -0.967. The molecule has 10 heavy (non-hydrogen) atoms. The van der Waals surface area contributed by atoms with Gasteiger partial charge in [0.05, 0.1) is 6.61 Å². The van der Waals surface area contributed by atoms with E-state index in [0.717, 1.165) is 0 Å². The molecule has 0 saturated carbocycles. The minimum absolute atomic E-state index is 0.703. The highest BCUT2D eigenvalue weighted by atomic mass is 35.5. The number of ether oxygens (including phenoxy) is 1. The summed E-state index contributed by atoms with van der Waals surface area (Å²) in [4.78, 5) is 9.87. The molecule has 0 spiro atoms. The van der Waals surface area contributed by atoms with Gasteiger partial charge >= 0.3 is 5.43 Å². The molecule has 0 amide bonds. The number of aliphatic hydroxyl groups is 3. The number of carbonyl (C=O) groups is 1. The molecule has 0 aliphatic heterocycles. The fraction of sp³-hybridized carbons (Fsp3) is 0.750. The molecular formula is C4H7ClO5. The molecular weight excluding hydrogens is 163 g/mol. The Morgan fingerprint density at radius 3 is 2.40 bits per heavy atom. The molecule has 0 aromatic carbocycles. The molecule has 0 aromatic rings. The van der Waals surface area contributed by atoms with Crippen LogP contribution in [0.25, 0.3) is 0 Å². The van der Waals surface area contributed by atoms with Crippen LogP contribution in [-0.4, -0.2) is 39.7 Å². The monoisotopic (exact) mass is 170 g/mol. The summed E-state index contributed by atoms with van der Waals surface area (Å²) < 4.78 is 3.87. The standard InChI is InChI=1S/C4H7ClO5/c5-4(9)10-3(8)2(7)1-6/h2-3,6-8H,1H2. The van der Waals surface area contributed by atoms with Gasteiger partial charge in [0.15, 0.2) is 0 Å². The van der Waals surface area contributed by atoms with Crippen molar-refractivity contribution in [3.05, 3.63) is 0 Å². The van der Waals surface area contributed by atoms with E-state index in [-0.39, 0.29) is 0 Å². The highest BCUT2D eigenvalue weighted by molar-refractivity contribution is 6.61. The van der Waals surface area contributed by atoms with E-state index in [1.54, 1.807) is 0 Å². The van der Waals surface area contributed by atoms with E-state index >= 15 is 0 Å². The van der Waals surface area contributed by atoms with E-state index in [0.29, 0.717) is 0 Å². The summed E-state index contributed by atoms with van der Waals surface area (Å²) in [6, 6.07) is 0. The van der Waals surface area contributed by atoms with Gasteiger partial charge in [0, 0.05) is 11.6 Å². The molecule has 0 aliphatic rings. The number of hydrogen-bond donors (Lipinski definition) is 3. The fourth-order valence-electron chi connectivity index (χ4n) is 0.264. The number of halogens is 1. The molecule has 60 valence electrons. The molecule has 0 aliphatic carbocycles. The first-order valence-corrected chi connectivity index (χ1v) is 2.79. The van der Waals surface area contributed by atoms with Crippen LogP contribution in [-0.2, 0) is 4.74 Å². The lowest BCUT2D eigenvalue weighted by Crippen LogP contribution is -2.32. The van der Waals surface area contributed by atoms with Crippen molar-refractivity contribution < 1.29 is 24.9 Å². The van der Waals surface area contributed by atoms with Crippen molar-refractivity contribution >= 4 is 17.0 Å². The molecule has 0 rings (SSSR count). The highest BCUT2D eigenvalue weighted by Gasteiger charge is 2.18. The number of aliphatic hydroxyl groups excluding tert-OH is 3. The minimum atomic E-state index is -1.77. The Bertz CT molecular complexity index is 116. The zero-order chi connectivity index (χ0) is 8.15. The molecule has 2 unspecified atom stereocenters. The largest absolute Gasteiger partial charge is 0.421 e. The zero-order valence-electron chi connectivity index (χ0n) is 4.90. The smallest absolute Gasteiger partial charge is 0.406 e. The Kier molecular flexibility index (Phi) is 4.29. The second-order valence-electron chi connectivity index (χ2n) is 1.50. The summed E-state index contributed by atoms with van der Waals surface area (Å²) in [6.07, 6.45) is -3.28. The van der Waals surface area contributed by atoms with Crippen LogP contribution in [0.3, 0.4) is 0 Å². The van der Waals surface area contributed by atoms with Gasteiger partial charge in [0.2, 0.25) is 6.29 Å². The molecule has 0 fully saturated rings. The third-order valence-corrected chi connectivity index (χ3v) is 0.819. The second kappa shape index (κ2) is 4.45. The Hall–Kier alpha value is -0.360. The molecule has 3 N–H and O–H groups in total. The first kappa shape index (κ1) is 9.64. The highest BCUT2D eigenvalue weighted by Crippen LogP contribution is 1.98. The van der Waals surface area contributed by atoms with E-state index in [9.17, 15) is 4.79 Å². The van der Waals surface area contributed by atoms with Crippen LogP contribution in [0.4, 0.5) is 4.79 Å². The summed E-state index contributed by atoms with van der Waals surface area (Å²) in [7, 11) is 0. The second-order valence-corrected chi connectivity index (χ2v) is 1.80. The number of rotatable bonds is 3. The van der Waals surface area contributed by atoms with Crippen LogP contribution in [0.1, 0.15) is 0 Å². The number of carbonyl (C=O) groups excluding carboxylic acids is 1. The van der Waals surface area contributed by atoms with Crippen LogP contribution in [0, 0.1) is 0 Å². The van der Waals surface area contributed by atoms with Crippen LogP contribution in [0.2, 0.25) is 0 Å².